The van der Waals surface area contributed by atoms with Crippen LogP contribution in [0, 0.1) is 6.92 Å². The standard InChI is InChI=1S/C23H25N3O5S2/c1-17-2-4-18(5-3-17)24-22(27)14-23-25-19(16-32-23)15-31-20-6-8-21(9-7-20)33(28,29)26-10-12-30-13-11-26/h2-9,16H,10-15H2,1H3,(H,24,27). The lowest BCUT2D eigenvalue weighted by Gasteiger charge is -2.26. The molecule has 1 aliphatic heterocycles. The molecule has 1 N–H and O–H groups in total. The summed E-state index contributed by atoms with van der Waals surface area (Å²) in [6.45, 7) is 3.75. The van der Waals surface area contributed by atoms with E-state index < -0.39 is 10.0 Å². The zero-order chi connectivity index (χ0) is 23.3. The lowest BCUT2D eigenvalue weighted by atomic mass is 10.2. The number of ether oxygens (including phenoxy) is 2. The highest BCUT2D eigenvalue weighted by Gasteiger charge is 2.26. The molecule has 0 bridgehead atoms. The van der Waals surface area contributed by atoms with E-state index in [0.717, 1.165) is 11.3 Å². The molecule has 33 heavy (non-hydrogen) atoms. The van der Waals surface area contributed by atoms with Crippen LogP contribution in [-0.4, -0.2) is 49.9 Å². The Morgan fingerprint density at radius 3 is 2.52 bits per heavy atom. The monoisotopic (exact) mass is 487 g/mol. The summed E-state index contributed by atoms with van der Waals surface area (Å²) in [5, 5.41) is 5.41. The summed E-state index contributed by atoms with van der Waals surface area (Å²) in [6.07, 6.45) is 0.187. The third-order valence-electron chi connectivity index (χ3n) is 5.06. The SMILES string of the molecule is Cc1ccc(NC(=O)Cc2nc(COc3ccc(S(=O)(=O)N4CCOCC4)cc3)cs2)cc1. The number of hydrogen-bond acceptors (Lipinski definition) is 7. The van der Waals surface area contributed by atoms with E-state index in [0.29, 0.717) is 42.8 Å². The molecule has 0 atom stereocenters. The van der Waals surface area contributed by atoms with Crippen molar-refractivity contribution in [2.24, 2.45) is 0 Å². The second-order valence-corrected chi connectivity index (χ2v) is 10.5. The summed E-state index contributed by atoms with van der Waals surface area (Å²) in [4.78, 5) is 16.9. The predicted octanol–water partition coefficient (Wildman–Crippen LogP) is 3.23. The quantitative estimate of drug-likeness (QED) is 0.524. The summed E-state index contributed by atoms with van der Waals surface area (Å²) in [5.41, 5.74) is 2.60. The van der Waals surface area contributed by atoms with Gasteiger partial charge in [0.1, 0.15) is 17.4 Å². The first kappa shape index (κ1) is 23.4. The van der Waals surface area contributed by atoms with E-state index in [1.165, 1.54) is 15.6 Å². The molecule has 1 amide bonds. The van der Waals surface area contributed by atoms with Crippen LogP contribution in [0.1, 0.15) is 16.3 Å². The Labute approximate surface area is 197 Å². The van der Waals surface area contributed by atoms with Gasteiger partial charge >= 0.3 is 0 Å². The van der Waals surface area contributed by atoms with Gasteiger partial charge in [0.15, 0.2) is 0 Å². The third-order valence-corrected chi connectivity index (χ3v) is 7.88. The molecule has 2 heterocycles. The lowest BCUT2D eigenvalue weighted by molar-refractivity contribution is -0.115. The van der Waals surface area contributed by atoms with Crippen LogP contribution < -0.4 is 10.1 Å². The minimum Gasteiger partial charge on any atom is -0.487 e. The minimum atomic E-state index is -3.53. The van der Waals surface area contributed by atoms with Gasteiger partial charge in [-0.15, -0.1) is 11.3 Å². The Morgan fingerprint density at radius 2 is 1.82 bits per heavy atom. The van der Waals surface area contributed by atoms with Crippen LogP contribution in [0.2, 0.25) is 0 Å². The molecule has 4 rings (SSSR count). The number of aryl methyl sites for hydroxylation is 1. The average molecular weight is 488 g/mol. The van der Waals surface area contributed by atoms with Crippen LogP contribution in [0.15, 0.2) is 58.8 Å². The fourth-order valence-electron chi connectivity index (χ4n) is 3.28. The van der Waals surface area contributed by atoms with Crippen LogP contribution in [-0.2, 0) is 32.6 Å². The van der Waals surface area contributed by atoms with Crippen LogP contribution in [0.5, 0.6) is 5.75 Å². The van der Waals surface area contributed by atoms with Crippen molar-refractivity contribution in [2.75, 3.05) is 31.6 Å². The first-order chi connectivity index (χ1) is 15.9. The minimum absolute atomic E-state index is 0.127. The molecular weight excluding hydrogens is 462 g/mol. The van der Waals surface area contributed by atoms with Crippen molar-refractivity contribution in [3.63, 3.8) is 0 Å². The van der Waals surface area contributed by atoms with Crippen molar-refractivity contribution < 1.29 is 22.7 Å². The molecule has 0 unspecified atom stereocenters. The number of carbonyl (C=O) groups excluding carboxylic acids is 1. The van der Waals surface area contributed by atoms with Gasteiger partial charge in [0.25, 0.3) is 0 Å². The molecule has 1 aliphatic rings. The number of amides is 1. The van der Waals surface area contributed by atoms with Gasteiger partial charge in [-0.3, -0.25) is 4.79 Å². The molecule has 1 saturated heterocycles. The maximum Gasteiger partial charge on any atom is 0.243 e. The molecule has 0 spiro atoms. The van der Waals surface area contributed by atoms with Gasteiger partial charge in [-0.25, -0.2) is 13.4 Å². The van der Waals surface area contributed by atoms with Gasteiger partial charge in [-0.2, -0.15) is 4.31 Å². The number of morpholine rings is 1. The molecule has 0 aliphatic carbocycles. The number of sulfonamides is 1. The maximum atomic E-state index is 12.7. The van der Waals surface area contributed by atoms with Crippen molar-refractivity contribution in [2.45, 2.75) is 24.8 Å². The Balaban J connectivity index is 1.29. The van der Waals surface area contributed by atoms with Crippen molar-refractivity contribution >= 4 is 33.0 Å². The van der Waals surface area contributed by atoms with E-state index in [9.17, 15) is 13.2 Å². The Kier molecular flexibility index (Phi) is 7.39. The largest absolute Gasteiger partial charge is 0.487 e. The first-order valence-electron chi connectivity index (χ1n) is 10.5. The van der Waals surface area contributed by atoms with E-state index >= 15 is 0 Å². The normalized spacial score (nSPS) is 14.7. The second-order valence-electron chi connectivity index (χ2n) is 7.60. The van der Waals surface area contributed by atoms with Crippen molar-refractivity contribution in [1.29, 1.82) is 0 Å². The maximum absolute atomic E-state index is 12.7. The molecular formula is C23H25N3O5S2. The van der Waals surface area contributed by atoms with Crippen LogP contribution >= 0.6 is 11.3 Å². The molecule has 1 aromatic heterocycles. The summed E-state index contributed by atoms with van der Waals surface area (Å²) in [7, 11) is -3.53. The summed E-state index contributed by atoms with van der Waals surface area (Å²) < 4.78 is 37.8. The molecule has 0 radical (unpaired) electrons. The zero-order valence-electron chi connectivity index (χ0n) is 18.2. The number of nitrogens with one attached hydrogen (secondary N) is 1. The lowest BCUT2D eigenvalue weighted by Crippen LogP contribution is -2.40. The first-order valence-corrected chi connectivity index (χ1v) is 12.8. The zero-order valence-corrected chi connectivity index (χ0v) is 19.8. The van der Waals surface area contributed by atoms with Gasteiger partial charge in [-0.05, 0) is 43.3 Å². The topological polar surface area (TPSA) is 97.8 Å². The van der Waals surface area contributed by atoms with Gasteiger partial charge in [0.05, 0.1) is 30.2 Å². The number of anilines is 1. The number of nitrogens with zero attached hydrogens (tertiary/aromatic N) is 2. The Hall–Kier alpha value is -2.79. The number of aromatic nitrogens is 1. The molecule has 174 valence electrons. The highest BCUT2D eigenvalue weighted by atomic mass is 32.2. The van der Waals surface area contributed by atoms with E-state index in [-0.39, 0.29) is 23.8 Å². The van der Waals surface area contributed by atoms with Crippen LogP contribution in [0.25, 0.3) is 0 Å². The number of rotatable bonds is 8. The number of carbonyl (C=O) groups is 1. The van der Waals surface area contributed by atoms with Gasteiger partial charge in [-0.1, -0.05) is 17.7 Å². The van der Waals surface area contributed by atoms with E-state index in [2.05, 4.69) is 10.3 Å². The van der Waals surface area contributed by atoms with E-state index in [1.54, 1.807) is 24.3 Å². The average Bonchev–Trinajstić information content (AvgIpc) is 3.27. The number of thiazole rings is 1. The van der Waals surface area contributed by atoms with E-state index in [4.69, 9.17) is 9.47 Å². The van der Waals surface area contributed by atoms with Crippen molar-refractivity contribution in [1.82, 2.24) is 9.29 Å². The summed E-state index contributed by atoms with van der Waals surface area (Å²) in [6, 6.07) is 14.0. The van der Waals surface area contributed by atoms with Crippen molar-refractivity contribution in [3.05, 3.63) is 70.2 Å². The molecule has 3 aromatic rings. The fraction of sp³-hybridized carbons (Fsp3) is 0.304. The van der Waals surface area contributed by atoms with E-state index in [1.807, 2.05) is 36.6 Å². The number of hydrogen-bond donors (Lipinski definition) is 1. The molecule has 1 fully saturated rings. The Bertz CT molecular complexity index is 1190. The van der Waals surface area contributed by atoms with Gasteiger partial charge in [0.2, 0.25) is 15.9 Å². The van der Waals surface area contributed by atoms with Crippen LogP contribution in [0.4, 0.5) is 5.69 Å². The second kappa shape index (κ2) is 10.4. The highest BCUT2D eigenvalue weighted by Crippen LogP contribution is 2.21. The predicted molar refractivity (Wildman–Crippen MR) is 126 cm³/mol. The number of benzene rings is 2. The Morgan fingerprint density at radius 1 is 1.12 bits per heavy atom. The smallest absolute Gasteiger partial charge is 0.243 e. The summed E-state index contributed by atoms with van der Waals surface area (Å²) in [5.74, 6) is 0.417. The summed E-state index contributed by atoms with van der Waals surface area (Å²) >= 11 is 1.40. The highest BCUT2D eigenvalue weighted by molar-refractivity contribution is 7.89. The van der Waals surface area contributed by atoms with Crippen LogP contribution in [0.3, 0.4) is 0 Å². The molecule has 10 heteroatoms. The van der Waals surface area contributed by atoms with Crippen molar-refractivity contribution in [3.8, 4) is 5.75 Å². The molecule has 2 aromatic carbocycles. The van der Waals surface area contributed by atoms with Gasteiger partial charge in [0, 0.05) is 24.2 Å². The fourth-order valence-corrected chi connectivity index (χ4v) is 5.46. The van der Waals surface area contributed by atoms with Gasteiger partial charge < -0.3 is 14.8 Å². The molecule has 8 nitrogen and oxygen atoms in total. The third kappa shape index (κ3) is 6.17. The molecule has 0 saturated carbocycles.